The van der Waals surface area contributed by atoms with Gasteiger partial charge in [0.15, 0.2) is 0 Å². The standard InChI is InChI=1S/C19H22N2O2S/c1-13-9-10-14(2)17(11-13)24-15(3)18(22)21-19(23)20-12-16-7-5-4-6-8-16/h4-11,15H,12H2,1-3H3,(H2,20,21,22,23). The zero-order chi connectivity index (χ0) is 17.5. The van der Waals surface area contributed by atoms with Crippen molar-refractivity contribution < 1.29 is 9.59 Å². The Morgan fingerprint density at radius 1 is 1.08 bits per heavy atom. The fourth-order valence-corrected chi connectivity index (χ4v) is 3.17. The molecule has 0 radical (unpaired) electrons. The summed E-state index contributed by atoms with van der Waals surface area (Å²) in [4.78, 5) is 25.1. The molecule has 2 aromatic carbocycles. The lowest BCUT2D eigenvalue weighted by Gasteiger charge is -2.14. The molecular weight excluding hydrogens is 320 g/mol. The van der Waals surface area contributed by atoms with Crippen LogP contribution in [0.4, 0.5) is 4.79 Å². The molecule has 5 heteroatoms. The zero-order valence-electron chi connectivity index (χ0n) is 14.1. The maximum Gasteiger partial charge on any atom is 0.321 e. The molecule has 0 fully saturated rings. The number of aryl methyl sites for hydroxylation is 2. The molecule has 3 amide bonds. The molecule has 0 aliphatic rings. The van der Waals surface area contributed by atoms with Crippen molar-refractivity contribution in [2.75, 3.05) is 0 Å². The van der Waals surface area contributed by atoms with Crippen LogP contribution in [0.1, 0.15) is 23.6 Å². The molecule has 0 bridgehead atoms. The molecule has 1 unspecified atom stereocenters. The molecule has 2 rings (SSSR count). The van der Waals surface area contributed by atoms with Crippen molar-refractivity contribution in [1.29, 1.82) is 0 Å². The minimum atomic E-state index is -0.475. The number of hydrogen-bond donors (Lipinski definition) is 2. The van der Waals surface area contributed by atoms with Gasteiger partial charge in [0, 0.05) is 11.4 Å². The van der Waals surface area contributed by atoms with Crippen LogP contribution in [-0.4, -0.2) is 17.2 Å². The number of benzene rings is 2. The van der Waals surface area contributed by atoms with Gasteiger partial charge >= 0.3 is 6.03 Å². The Hall–Kier alpha value is -2.27. The van der Waals surface area contributed by atoms with E-state index in [1.165, 1.54) is 11.8 Å². The van der Waals surface area contributed by atoms with Gasteiger partial charge in [-0.05, 0) is 38.0 Å². The van der Waals surface area contributed by atoms with Crippen LogP contribution in [-0.2, 0) is 11.3 Å². The van der Waals surface area contributed by atoms with Gasteiger partial charge in [0.25, 0.3) is 0 Å². The summed E-state index contributed by atoms with van der Waals surface area (Å²) in [6.07, 6.45) is 0. The first-order chi connectivity index (χ1) is 11.5. The highest BCUT2D eigenvalue weighted by atomic mass is 32.2. The van der Waals surface area contributed by atoms with Crippen LogP contribution in [0, 0.1) is 13.8 Å². The number of amides is 3. The van der Waals surface area contributed by atoms with E-state index in [1.54, 1.807) is 6.92 Å². The van der Waals surface area contributed by atoms with E-state index in [2.05, 4.69) is 16.7 Å². The average Bonchev–Trinajstić information content (AvgIpc) is 2.57. The van der Waals surface area contributed by atoms with E-state index < -0.39 is 6.03 Å². The van der Waals surface area contributed by atoms with Crippen molar-refractivity contribution in [2.24, 2.45) is 0 Å². The number of nitrogens with one attached hydrogen (secondary N) is 2. The molecular formula is C19H22N2O2S. The summed E-state index contributed by atoms with van der Waals surface area (Å²) in [5.41, 5.74) is 3.26. The van der Waals surface area contributed by atoms with Gasteiger partial charge in [-0.2, -0.15) is 0 Å². The fraction of sp³-hybridized carbons (Fsp3) is 0.263. The van der Waals surface area contributed by atoms with E-state index in [1.807, 2.05) is 56.3 Å². The highest BCUT2D eigenvalue weighted by Gasteiger charge is 2.17. The second kappa shape index (κ2) is 8.55. The number of carbonyl (C=O) groups excluding carboxylic acids is 2. The van der Waals surface area contributed by atoms with E-state index >= 15 is 0 Å². The quantitative estimate of drug-likeness (QED) is 0.812. The topological polar surface area (TPSA) is 58.2 Å². The Balaban J connectivity index is 1.84. The van der Waals surface area contributed by atoms with E-state index in [0.29, 0.717) is 6.54 Å². The molecule has 0 aliphatic heterocycles. The SMILES string of the molecule is Cc1ccc(C)c(SC(C)C(=O)NC(=O)NCc2ccccc2)c1. The summed E-state index contributed by atoms with van der Waals surface area (Å²) in [6, 6.07) is 15.2. The summed E-state index contributed by atoms with van der Waals surface area (Å²) in [5.74, 6) is -0.300. The molecule has 0 saturated carbocycles. The first-order valence-corrected chi connectivity index (χ1v) is 8.70. The van der Waals surface area contributed by atoms with Crippen molar-refractivity contribution in [3.8, 4) is 0 Å². The lowest BCUT2D eigenvalue weighted by Crippen LogP contribution is -2.42. The second-order valence-corrected chi connectivity index (χ2v) is 7.07. The first-order valence-electron chi connectivity index (χ1n) is 7.82. The highest BCUT2D eigenvalue weighted by Crippen LogP contribution is 2.27. The Morgan fingerprint density at radius 2 is 1.79 bits per heavy atom. The normalized spacial score (nSPS) is 11.6. The molecule has 0 saturated heterocycles. The van der Waals surface area contributed by atoms with E-state index in [9.17, 15) is 9.59 Å². The summed E-state index contributed by atoms with van der Waals surface area (Å²) in [6.45, 7) is 6.22. The molecule has 126 valence electrons. The van der Waals surface area contributed by atoms with Gasteiger partial charge in [-0.3, -0.25) is 10.1 Å². The maximum absolute atomic E-state index is 12.2. The minimum Gasteiger partial charge on any atom is -0.334 e. The van der Waals surface area contributed by atoms with E-state index in [4.69, 9.17) is 0 Å². The molecule has 2 aromatic rings. The van der Waals surface area contributed by atoms with Gasteiger partial charge in [-0.25, -0.2) is 4.79 Å². The molecule has 0 spiro atoms. The van der Waals surface area contributed by atoms with Crippen molar-refractivity contribution in [2.45, 2.75) is 37.5 Å². The van der Waals surface area contributed by atoms with Gasteiger partial charge in [0.2, 0.25) is 5.91 Å². The lowest BCUT2D eigenvalue weighted by atomic mass is 10.2. The summed E-state index contributed by atoms with van der Waals surface area (Å²) < 4.78 is 0. The van der Waals surface area contributed by atoms with Crippen LogP contribution in [0.3, 0.4) is 0 Å². The number of rotatable bonds is 5. The van der Waals surface area contributed by atoms with Crippen molar-refractivity contribution in [3.63, 3.8) is 0 Å². The van der Waals surface area contributed by atoms with Crippen LogP contribution in [0.5, 0.6) is 0 Å². The zero-order valence-corrected chi connectivity index (χ0v) is 14.9. The number of carbonyl (C=O) groups is 2. The summed E-state index contributed by atoms with van der Waals surface area (Å²) in [5, 5.41) is 4.73. The van der Waals surface area contributed by atoms with Crippen molar-refractivity contribution in [1.82, 2.24) is 10.6 Å². The van der Waals surface area contributed by atoms with Gasteiger partial charge in [-0.15, -0.1) is 11.8 Å². The Kier molecular flexibility index (Phi) is 6.44. The van der Waals surface area contributed by atoms with Gasteiger partial charge in [0.1, 0.15) is 0 Å². The van der Waals surface area contributed by atoms with Crippen LogP contribution in [0.2, 0.25) is 0 Å². The molecule has 1 atom stereocenters. The monoisotopic (exact) mass is 342 g/mol. The predicted molar refractivity (Wildman–Crippen MR) is 98.1 cm³/mol. The fourth-order valence-electron chi connectivity index (χ4n) is 2.11. The molecule has 24 heavy (non-hydrogen) atoms. The number of imide groups is 1. The Morgan fingerprint density at radius 3 is 2.50 bits per heavy atom. The summed E-state index contributed by atoms with van der Waals surface area (Å²) in [7, 11) is 0. The van der Waals surface area contributed by atoms with Crippen LogP contribution in [0.25, 0.3) is 0 Å². The van der Waals surface area contributed by atoms with Gasteiger partial charge < -0.3 is 5.32 Å². The van der Waals surface area contributed by atoms with Gasteiger partial charge in [0.05, 0.1) is 5.25 Å². The van der Waals surface area contributed by atoms with Crippen molar-refractivity contribution in [3.05, 3.63) is 65.2 Å². The molecule has 0 aromatic heterocycles. The largest absolute Gasteiger partial charge is 0.334 e. The minimum absolute atomic E-state index is 0.300. The third kappa shape index (κ3) is 5.42. The molecule has 0 aliphatic carbocycles. The maximum atomic E-state index is 12.2. The van der Waals surface area contributed by atoms with Crippen LogP contribution < -0.4 is 10.6 Å². The third-order valence-electron chi connectivity index (χ3n) is 3.55. The number of thioether (sulfide) groups is 1. The van der Waals surface area contributed by atoms with Crippen LogP contribution >= 0.6 is 11.8 Å². The predicted octanol–water partition coefficient (Wildman–Crippen LogP) is 3.81. The van der Waals surface area contributed by atoms with Crippen LogP contribution in [0.15, 0.2) is 53.4 Å². The highest BCUT2D eigenvalue weighted by molar-refractivity contribution is 8.00. The smallest absolute Gasteiger partial charge is 0.321 e. The lowest BCUT2D eigenvalue weighted by molar-refractivity contribution is -0.119. The number of hydrogen-bond acceptors (Lipinski definition) is 3. The summed E-state index contributed by atoms with van der Waals surface area (Å²) >= 11 is 1.46. The van der Waals surface area contributed by atoms with E-state index in [0.717, 1.165) is 21.6 Å². The van der Waals surface area contributed by atoms with Gasteiger partial charge in [-0.1, -0.05) is 48.0 Å². The number of urea groups is 1. The Bertz CT molecular complexity index is 717. The molecule has 4 nitrogen and oxygen atoms in total. The van der Waals surface area contributed by atoms with Crippen molar-refractivity contribution >= 4 is 23.7 Å². The van der Waals surface area contributed by atoms with E-state index in [-0.39, 0.29) is 11.2 Å². The Labute approximate surface area is 147 Å². The third-order valence-corrected chi connectivity index (χ3v) is 4.81. The first kappa shape index (κ1) is 18.1. The second-order valence-electron chi connectivity index (χ2n) is 5.69. The molecule has 0 heterocycles. The average molecular weight is 342 g/mol. The molecule has 2 N–H and O–H groups in total.